The van der Waals surface area contributed by atoms with Crippen molar-refractivity contribution in [2.75, 3.05) is 0 Å². The highest BCUT2D eigenvalue weighted by Gasteiger charge is 2.29. The SMILES string of the molecule is C1=CCCC(n2c3ccccc3c3cc4c5ccccc5n(-c5cccc(-c6ccc(C7NC(c8ccccc8)NC(c8ccccc8)N7)cc6)c5)c4cc32)=C1. The molecule has 2 atom stereocenters. The summed E-state index contributed by atoms with van der Waals surface area (Å²) in [6.07, 6.45) is 8.78. The van der Waals surface area contributed by atoms with Gasteiger partial charge in [0.1, 0.15) is 0 Å². The van der Waals surface area contributed by atoms with Crippen LogP contribution in [0.2, 0.25) is 0 Å². The predicted octanol–water partition coefficient (Wildman–Crippen LogP) is 11.9. The van der Waals surface area contributed by atoms with Crippen LogP contribution in [0, 0.1) is 0 Å². The molecule has 5 nitrogen and oxygen atoms in total. The van der Waals surface area contributed by atoms with Crippen LogP contribution >= 0.6 is 0 Å². The molecule has 0 radical (unpaired) electrons. The van der Waals surface area contributed by atoms with Crippen molar-refractivity contribution in [2.45, 2.75) is 31.3 Å². The fourth-order valence-electron chi connectivity index (χ4n) is 9.00. The average molecular weight is 724 g/mol. The van der Waals surface area contributed by atoms with Gasteiger partial charge in [-0.2, -0.15) is 0 Å². The van der Waals surface area contributed by atoms with Gasteiger partial charge in [0.15, 0.2) is 0 Å². The van der Waals surface area contributed by atoms with Gasteiger partial charge < -0.3 is 9.13 Å². The van der Waals surface area contributed by atoms with Crippen molar-refractivity contribution in [2.24, 2.45) is 0 Å². The van der Waals surface area contributed by atoms with E-state index in [0.29, 0.717) is 0 Å². The minimum atomic E-state index is -0.0440. The molecule has 2 aromatic heterocycles. The highest BCUT2D eigenvalue weighted by molar-refractivity contribution is 6.19. The van der Waals surface area contributed by atoms with E-state index in [0.717, 1.165) is 18.5 Å². The number of hydrogen-bond donors (Lipinski definition) is 3. The van der Waals surface area contributed by atoms with E-state index < -0.39 is 0 Å². The Morgan fingerprint density at radius 1 is 0.411 bits per heavy atom. The molecule has 1 fully saturated rings. The normalized spacial score (nSPS) is 18.6. The fraction of sp³-hybridized carbons (Fsp3) is 0.0980. The number of allylic oxidation sites excluding steroid dienone is 4. The van der Waals surface area contributed by atoms with E-state index in [-0.39, 0.29) is 18.5 Å². The molecule has 56 heavy (non-hydrogen) atoms. The van der Waals surface area contributed by atoms with E-state index in [1.54, 1.807) is 0 Å². The quantitative estimate of drug-likeness (QED) is 0.160. The van der Waals surface area contributed by atoms with E-state index in [1.165, 1.54) is 77.1 Å². The van der Waals surface area contributed by atoms with E-state index in [2.05, 4.69) is 213 Å². The summed E-state index contributed by atoms with van der Waals surface area (Å²) in [6.45, 7) is 0. The third kappa shape index (κ3) is 5.59. The van der Waals surface area contributed by atoms with Crippen LogP contribution in [0.4, 0.5) is 0 Å². The number of fused-ring (bicyclic) bond motifs is 6. The molecule has 9 aromatic rings. The first kappa shape index (κ1) is 32.9. The monoisotopic (exact) mass is 723 g/mol. The molecule has 3 N–H and O–H groups in total. The molecule has 2 aliphatic rings. The van der Waals surface area contributed by atoms with Crippen LogP contribution < -0.4 is 16.0 Å². The van der Waals surface area contributed by atoms with Crippen LogP contribution in [0.5, 0.6) is 0 Å². The largest absolute Gasteiger partial charge is 0.313 e. The Morgan fingerprint density at radius 2 is 0.964 bits per heavy atom. The van der Waals surface area contributed by atoms with Crippen LogP contribution in [0.1, 0.15) is 48.0 Å². The molecule has 0 saturated carbocycles. The van der Waals surface area contributed by atoms with E-state index in [1.807, 2.05) is 0 Å². The molecule has 3 heterocycles. The summed E-state index contributed by atoms with van der Waals surface area (Å²) in [7, 11) is 0. The predicted molar refractivity (Wildman–Crippen MR) is 232 cm³/mol. The number of benzene rings is 7. The van der Waals surface area contributed by atoms with Crippen molar-refractivity contribution in [3.8, 4) is 16.8 Å². The lowest BCUT2D eigenvalue weighted by molar-refractivity contribution is 0.203. The zero-order chi connectivity index (χ0) is 37.0. The summed E-state index contributed by atoms with van der Waals surface area (Å²) in [6, 6.07) is 61.8. The summed E-state index contributed by atoms with van der Waals surface area (Å²) in [5.74, 6) is 0. The molecule has 2 unspecified atom stereocenters. The van der Waals surface area contributed by atoms with Gasteiger partial charge in [-0.15, -0.1) is 0 Å². The van der Waals surface area contributed by atoms with Crippen LogP contribution in [0.25, 0.3) is 66.1 Å². The summed E-state index contributed by atoms with van der Waals surface area (Å²) < 4.78 is 4.94. The lowest BCUT2D eigenvalue weighted by atomic mass is 10.0. The first-order valence-corrected chi connectivity index (χ1v) is 19.7. The maximum atomic E-state index is 3.82. The first-order chi connectivity index (χ1) is 27.8. The van der Waals surface area contributed by atoms with Crippen LogP contribution in [-0.2, 0) is 0 Å². The number of hydrogen-bond acceptors (Lipinski definition) is 3. The van der Waals surface area contributed by atoms with Crippen LogP contribution in [0.15, 0.2) is 188 Å². The Morgan fingerprint density at radius 3 is 1.57 bits per heavy atom. The number of nitrogens with zero attached hydrogens (tertiary/aromatic N) is 2. The standard InChI is InChI=1S/C51H41N5/c1-4-15-35(16-5-1)49-52-50(36-17-6-2-7-18-36)54-51(53-49)37-29-27-34(28-30-37)38-19-14-22-40(31-38)56-46-26-13-11-24-42(46)44-32-43-41-23-10-12-25-45(41)55(47(43)33-48(44)56)39-20-8-3-9-21-39/h1-8,10-20,22-33,49-54H,9,21H2. The Labute approximate surface area is 326 Å². The Hall–Kier alpha value is -6.50. The maximum absolute atomic E-state index is 3.82. The second-order valence-electron chi connectivity index (χ2n) is 15.0. The molecular formula is C51H41N5. The van der Waals surface area contributed by atoms with Gasteiger partial charge >= 0.3 is 0 Å². The molecule has 0 amide bonds. The topological polar surface area (TPSA) is 46.0 Å². The lowest BCUT2D eigenvalue weighted by Gasteiger charge is -2.39. The minimum Gasteiger partial charge on any atom is -0.313 e. The zero-order valence-electron chi connectivity index (χ0n) is 30.9. The zero-order valence-corrected chi connectivity index (χ0v) is 30.9. The number of para-hydroxylation sites is 2. The average Bonchev–Trinajstić information content (AvgIpc) is 3.78. The number of aromatic nitrogens is 2. The lowest BCUT2D eigenvalue weighted by Crippen LogP contribution is -2.54. The van der Waals surface area contributed by atoms with Gasteiger partial charge in [0, 0.05) is 32.9 Å². The Bertz CT molecular complexity index is 2900. The van der Waals surface area contributed by atoms with Gasteiger partial charge in [0.05, 0.1) is 40.6 Å². The van der Waals surface area contributed by atoms with Gasteiger partial charge in [-0.3, -0.25) is 16.0 Å². The van der Waals surface area contributed by atoms with Gasteiger partial charge in [0.2, 0.25) is 0 Å². The van der Waals surface area contributed by atoms with Crippen molar-refractivity contribution >= 4 is 49.3 Å². The maximum Gasteiger partial charge on any atom is 0.0864 e. The summed E-state index contributed by atoms with van der Waals surface area (Å²) in [5, 5.41) is 16.5. The highest BCUT2D eigenvalue weighted by Crippen LogP contribution is 2.41. The van der Waals surface area contributed by atoms with Gasteiger partial charge in [0.25, 0.3) is 0 Å². The minimum absolute atomic E-state index is 0.00562. The van der Waals surface area contributed by atoms with Gasteiger partial charge in [-0.05, 0) is 83.1 Å². The summed E-state index contributed by atoms with van der Waals surface area (Å²) in [5.41, 5.74) is 13.4. The molecule has 7 aromatic carbocycles. The molecular weight excluding hydrogens is 683 g/mol. The Kier molecular flexibility index (Phi) is 8.02. The number of nitrogens with one attached hydrogen (secondary N) is 3. The van der Waals surface area contributed by atoms with E-state index in [9.17, 15) is 0 Å². The second-order valence-corrected chi connectivity index (χ2v) is 15.0. The number of rotatable bonds is 6. The Balaban J connectivity index is 0.987. The third-order valence-electron chi connectivity index (χ3n) is 11.7. The van der Waals surface area contributed by atoms with E-state index in [4.69, 9.17) is 0 Å². The van der Waals surface area contributed by atoms with Crippen LogP contribution in [-0.4, -0.2) is 9.13 Å². The van der Waals surface area contributed by atoms with Gasteiger partial charge in [-0.25, -0.2) is 0 Å². The van der Waals surface area contributed by atoms with Crippen LogP contribution in [0.3, 0.4) is 0 Å². The first-order valence-electron chi connectivity index (χ1n) is 19.7. The van der Waals surface area contributed by atoms with Gasteiger partial charge in [-0.1, -0.05) is 146 Å². The van der Waals surface area contributed by atoms with E-state index >= 15 is 0 Å². The van der Waals surface area contributed by atoms with Crippen molar-refractivity contribution in [3.05, 3.63) is 205 Å². The van der Waals surface area contributed by atoms with Crippen molar-refractivity contribution in [3.63, 3.8) is 0 Å². The third-order valence-corrected chi connectivity index (χ3v) is 11.7. The van der Waals surface area contributed by atoms with Crippen molar-refractivity contribution in [1.82, 2.24) is 25.1 Å². The molecule has 5 heteroatoms. The molecule has 270 valence electrons. The molecule has 11 rings (SSSR count). The molecule has 0 spiro atoms. The summed E-state index contributed by atoms with van der Waals surface area (Å²) in [4.78, 5) is 0. The smallest absolute Gasteiger partial charge is 0.0864 e. The fourth-order valence-corrected chi connectivity index (χ4v) is 9.00. The molecule has 1 aliphatic heterocycles. The molecule has 0 bridgehead atoms. The molecule has 1 saturated heterocycles. The summed E-state index contributed by atoms with van der Waals surface area (Å²) >= 11 is 0. The molecule has 1 aliphatic carbocycles. The second kappa shape index (κ2) is 13.7. The van der Waals surface area contributed by atoms with Crippen molar-refractivity contribution in [1.29, 1.82) is 0 Å². The van der Waals surface area contributed by atoms with Crippen molar-refractivity contribution < 1.29 is 0 Å². The highest BCUT2D eigenvalue weighted by atomic mass is 15.4.